The van der Waals surface area contributed by atoms with Crippen molar-refractivity contribution in [3.63, 3.8) is 0 Å². The molecule has 1 amide bonds. The maximum atomic E-state index is 13.8. The summed E-state index contributed by atoms with van der Waals surface area (Å²) >= 11 is 0. The Hall–Kier alpha value is -3.59. The average molecular weight is 444 g/mol. The third-order valence-corrected chi connectivity index (χ3v) is 5.75. The van der Waals surface area contributed by atoms with E-state index in [0.717, 1.165) is 6.07 Å². The molecule has 162 valence electrons. The quantitative estimate of drug-likeness (QED) is 0.551. The predicted octanol–water partition coefficient (Wildman–Crippen LogP) is 3.82. The lowest BCUT2D eigenvalue weighted by Gasteiger charge is -2.12. The van der Waals surface area contributed by atoms with Crippen molar-refractivity contribution in [3.05, 3.63) is 78.1 Å². The second-order valence-corrected chi connectivity index (χ2v) is 8.20. The van der Waals surface area contributed by atoms with Crippen molar-refractivity contribution in [1.29, 1.82) is 0 Å². The van der Waals surface area contributed by atoms with Gasteiger partial charge in [-0.25, -0.2) is 12.8 Å². The predicted molar refractivity (Wildman–Crippen MR) is 116 cm³/mol. The first-order valence-corrected chi connectivity index (χ1v) is 10.7. The van der Waals surface area contributed by atoms with Crippen LogP contribution in [0.15, 0.2) is 71.6 Å². The summed E-state index contributed by atoms with van der Waals surface area (Å²) in [5, 5.41) is 2.67. The van der Waals surface area contributed by atoms with E-state index >= 15 is 0 Å². The van der Waals surface area contributed by atoms with E-state index in [1.807, 2.05) is 0 Å². The first kappa shape index (κ1) is 22.1. The van der Waals surface area contributed by atoms with Crippen LogP contribution in [-0.4, -0.2) is 28.5 Å². The molecule has 0 radical (unpaired) electrons. The van der Waals surface area contributed by atoms with Gasteiger partial charge in [0.1, 0.15) is 17.3 Å². The van der Waals surface area contributed by atoms with Gasteiger partial charge < -0.3 is 14.8 Å². The Morgan fingerprint density at radius 1 is 0.968 bits per heavy atom. The molecule has 0 atom stereocenters. The molecule has 0 saturated heterocycles. The van der Waals surface area contributed by atoms with Crippen molar-refractivity contribution in [1.82, 2.24) is 0 Å². The Balaban J connectivity index is 1.74. The molecule has 3 aromatic rings. The number of para-hydroxylation sites is 1. The maximum Gasteiger partial charge on any atom is 0.262 e. The second-order valence-electron chi connectivity index (χ2n) is 6.52. The first-order valence-electron chi connectivity index (χ1n) is 9.20. The van der Waals surface area contributed by atoms with Gasteiger partial charge in [-0.2, -0.15) is 0 Å². The minimum absolute atomic E-state index is 0.0115. The molecule has 31 heavy (non-hydrogen) atoms. The van der Waals surface area contributed by atoms with Crippen molar-refractivity contribution in [2.24, 2.45) is 0 Å². The number of hydrogen-bond donors (Lipinski definition) is 2. The third-order valence-electron chi connectivity index (χ3n) is 4.39. The molecule has 9 heteroatoms. The number of sulfonamides is 1. The topological polar surface area (TPSA) is 93.7 Å². The smallest absolute Gasteiger partial charge is 0.262 e. The zero-order valence-electron chi connectivity index (χ0n) is 16.9. The number of rotatable bonds is 8. The van der Waals surface area contributed by atoms with E-state index in [0.29, 0.717) is 17.1 Å². The van der Waals surface area contributed by atoms with Gasteiger partial charge in [0, 0.05) is 17.3 Å². The Labute approximate surface area is 179 Å². The van der Waals surface area contributed by atoms with Crippen LogP contribution in [0.5, 0.6) is 11.5 Å². The number of benzene rings is 3. The van der Waals surface area contributed by atoms with Crippen LogP contribution in [0.1, 0.15) is 5.56 Å². The highest BCUT2D eigenvalue weighted by Crippen LogP contribution is 2.26. The molecule has 0 aliphatic heterocycles. The number of methoxy groups -OCH3 is 2. The molecule has 0 fully saturated rings. The molecule has 0 aliphatic rings. The molecule has 0 saturated carbocycles. The SMILES string of the molecule is COc1ccc(CC(=O)Nc2cccc(S(=O)(=O)Nc3ccccc3F)c2)c(OC)c1. The fourth-order valence-electron chi connectivity index (χ4n) is 2.86. The summed E-state index contributed by atoms with van der Waals surface area (Å²) in [5.74, 6) is 0.0465. The van der Waals surface area contributed by atoms with Gasteiger partial charge >= 0.3 is 0 Å². The fraction of sp³-hybridized carbons (Fsp3) is 0.136. The van der Waals surface area contributed by atoms with Gasteiger partial charge in [-0.1, -0.05) is 24.3 Å². The summed E-state index contributed by atoms with van der Waals surface area (Å²) in [6, 6.07) is 16.3. The van der Waals surface area contributed by atoms with Crippen LogP contribution in [0.2, 0.25) is 0 Å². The van der Waals surface area contributed by atoms with Crippen LogP contribution in [0.4, 0.5) is 15.8 Å². The molecule has 0 aliphatic carbocycles. The fourth-order valence-corrected chi connectivity index (χ4v) is 3.98. The van der Waals surface area contributed by atoms with Crippen molar-refractivity contribution < 1.29 is 27.1 Å². The monoisotopic (exact) mass is 444 g/mol. The number of amides is 1. The molecule has 0 heterocycles. The minimum Gasteiger partial charge on any atom is -0.497 e. The van der Waals surface area contributed by atoms with Crippen LogP contribution >= 0.6 is 0 Å². The third kappa shape index (κ3) is 5.52. The van der Waals surface area contributed by atoms with Gasteiger partial charge in [-0.15, -0.1) is 0 Å². The number of carbonyl (C=O) groups is 1. The van der Waals surface area contributed by atoms with Crippen LogP contribution in [0.3, 0.4) is 0 Å². The molecule has 2 N–H and O–H groups in total. The van der Waals surface area contributed by atoms with Gasteiger partial charge in [0.2, 0.25) is 5.91 Å². The summed E-state index contributed by atoms with van der Waals surface area (Å²) in [6.45, 7) is 0. The molecular weight excluding hydrogens is 423 g/mol. The summed E-state index contributed by atoms with van der Waals surface area (Å²) in [6.07, 6.45) is 0.0115. The molecule has 7 nitrogen and oxygen atoms in total. The maximum absolute atomic E-state index is 13.8. The van der Waals surface area contributed by atoms with Crippen LogP contribution < -0.4 is 19.5 Å². The van der Waals surface area contributed by atoms with E-state index in [-0.39, 0.29) is 28.6 Å². The molecule has 3 rings (SSSR count). The molecule has 0 spiro atoms. The van der Waals surface area contributed by atoms with Crippen molar-refractivity contribution in [2.45, 2.75) is 11.3 Å². The number of nitrogens with one attached hydrogen (secondary N) is 2. The largest absolute Gasteiger partial charge is 0.497 e. The Morgan fingerprint density at radius 3 is 2.45 bits per heavy atom. The van der Waals surface area contributed by atoms with E-state index in [4.69, 9.17) is 9.47 Å². The Bertz CT molecular complexity index is 1200. The van der Waals surface area contributed by atoms with E-state index in [9.17, 15) is 17.6 Å². The minimum atomic E-state index is -4.05. The van der Waals surface area contributed by atoms with Gasteiger partial charge in [0.25, 0.3) is 10.0 Å². The van der Waals surface area contributed by atoms with Crippen LogP contribution in [0.25, 0.3) is 0 Å². The van der Waals surface area contributed by atoms with Crippen LogP contribution in [0, 0.1) is 5.82 Å². The highest BCUT2D eigenvalue weighted by atomic mass is 32.2. The van der Waals surface area contributed by atoms with Gasteiger partial charge in [-0.3, -0.25) is 9.52 Å². The lowest BCUT2D eigenvalue weighted by atomic mass is 10.1. The average Bonchev–Trinajstić information content (AvgIpc) is 2.75. The zero-order chi connectivity index (χ0) is 22.4. The van der Waals surface area contributed by atoms with Crippen molar-refractivity contribution in [2.75, 3.05) is 24.3 Å². The first-order chi connectivity index (χ1) is 14.8. The lowest BCUT2D eigenvalue weighted by Crippen LogP contribution is -2.17. The summed E-state index contributed by atoms with van der Waals surface area (Å²) < 4.78 is 51.7. The summed E-state index contributed by atoms with van der Waals surface area (Å²) in [7, 11) is -1.02. The number of hydrogen-bond acceptors (Lipinski definition) is 5. The molecular formula is C22H21FN2O5S. The molecule has 0 unspecified atom stereocenters. The van der Waals surface area contributed by atoms with E-state index in [2.05, 4.69) is 10.0 Å². The highest BCUT2D eigenvalue weighted by molar-refractivity contribution is 7.92. The van der Waals surface area contributed by atoms with Gasteiger partial charge in [0.15, 0.2) is 0 Å². The number of anilines is 2. The van der Waals surface area contributed by atoms with Crippen molar-refractivity contribution >= 4 is 27.3 Å². The number of carbonyl (C=O) groups excluding carboxylic acids is 1. The molecule has 3 aromatic carbocycles. The van der Waals surface area contributed by atoms with E-state index < -0.39 is 15.8 Å². The van der Waals surface area contributed by atoms with Gasteiger partial charge in [-0.05, 0) is 36.4 Å². The Kier molecular flexibility index (Phi) is 6.76. The second kappa shape index (κ2) is 9.48. The summed E-state index contributed by atoms with van der Waals surface area (Å²) in [4.78, 5) is 12.4. The van der Waals surface area contributed by atoms with Crippen LogP contribution in [-0.2, 0) is 21.2 Å². The number of ether oxygens (including phenoxy) is 2. The van der Waals surface area contributed by atoms with E-state index in [1.165, 1.54) is 50.6 Å². The van der Waals surface area contributed by atoms with Crippen molar-refractivity contribution in [3.8, 4) is 11.5 Å². The molecule has 0 bridgehead atoms. The Morgan fingerprint density at radius 2 is 1.74 bits per heavy atom. The van der Waals surface area contributed by atoms with E-state index in [1.54, 1.807) is 24.3 Å². The standard InChI is InChI=1S/C22H21FN2O5S/c1-29-17-11-10-15(21(14-17)30-2)12-22(26)24-16-6-5-7-18(13-16)31(27,28)25-20-9-4-3-8-19(20)23/h3-11,13-14,25H,12H2,1-2H3,(H,24,26). The molecule has 0 aromatic heterocycles. The normalized spacial score (nSPS) is 10.9. The highest BCUT2D eigenvalue weighted by Gasteiger charge is 2.17. The lowest BCUT2D eigenvalue weighted by molar-refractivity contribution is -0.115. The zero-order valence-corrected chi connectivity index (χ0v) is 17.7. The van der Waals surface area contributed by atoms with Gasteiger partial charge in [0.05, 0.1) is 31.2 Å². The summed E-state index contributed by atoms with van der Waals surface area (Å²) in [5.41, 5.74) is 0.767. The number of halogens is 1.